The SMILES string of the molecule is C.COc1cc2ncnc(Cl)c2cc1OC(C)=O.COc1cc2ncnc(Nc3ccc(F)c(Cl)c3)c2cc1OC(C)=O.Nc1ccc(F)c(Cl)c1. The minimum Gasteiger partial charge on any atom is -0.493 e. The summed E-state index contributed by atoms with van der Waals surface area (Å²) in [4.78, 5) is 38.5. The van der Waals surface area contributed by atoms with Crippen molar-refractivity contribution in [2.45, 2.75) is 21.3 Å². The fourth-order valence-electron chi connectivity index (χ4n) is 4.21. The van der Waals surface area contributed by atoms with Gasteiger partial charge in [-0.05, 0) is 48.5 Å². The Kier molecular flexibility index (Phi) is 14.6. The highest BCUT2D eigenvalue weighted by Crippen LogP contribution is 2.36. The summed E-state index contributed by atoms with van der Waals surface area (Å²) in [5.74, 6) is -0.0810. The van der Waals surface area contributed by atoms with E-state index in [9.17, 15) is 18.4 Å². The largest absolute Gasteiger partial charge is 0.493 e. The van der Waals surface area contributed by atoms with Crippen molar-refractivity contribution in [3.8, 4) is 23.0 Å². The van der Waals surface area contributed by atoms with E-state index < -0.39 is 23.6 Å². The predicted octanol–water partition coefficient (Wildman–Crippen LogP) is 9.01. The van der Waals surface area contributed by atoms with Crippen molar-refractivity contribution < 1.29 is 37.3 Å². The van der Waals surface area contributed by atoms with E-state index in [2.05, 4.69) is 25.3 Å². The van der Waals surface area contributed by atoms with Crippen LogP contribution >= 0.6 is 34.8 Å². The molecule has 0 radical (unpaired) electrons. The van der Waals surface area contributed by atoms with Gasteiger partial charge in [0, 0.05) is 48.1 Å². The molecule has 0 fully saturated rings. The molecule has 0 aliphatic rings. The molecule has 3 N–H and O–H groups in total. The number of hydrogen-bond donors (Lipinski definition) is 2. The maximum atomic E-state index is 13.3. The molecule has 12 nitrogen and oxygen atoms in total. The molecule has 0 aliphatic carbocycles. The summed E-state index contributed by atoms with van der Waals surface area (Å²) in [7, 11) is 2.95. The van der Waals surface area contributed by atoms with Crippen molar-refractivity contribution >= 4 is 85.7 Å². The minimum absolute atomic E-state index is 0. The highest BCUT2D eigenvalue weighted by molar-refractivity contribution is 6.34. The number of benzene rings is 4. The number of hydrogen-bond acceptors (Lipinski definition) is 12. The maximum absolute atomic E-state index is 13.3. The van der Waals surface area contributed by atoms with Crippen LogP contribution in [0.1, 0.15) is 21.3 Å². The van der Waals surface area contributed by atoms with Crippen LogP contribution in [-0.2, 0) is 9.59 Å². The maximum Gasteiger partial charge on any atom is 0.308 e. The van der Waals surface area contributed by atoms with E-state index in [0.717, 1.165) is 0 Å². The van der Waals surface area contributed by atoms with Gasteiger partial charge in [-0.1, -0.05) is 42.2 Å². The molecule has 52 heavy (non-hydrogen) atoms. The van der Waals surface area contributed by atoms with E-state index in [1.165, 1.54) is 77.1 Å². The fourth-order valence-corrected chi connectivity index (χ4v) is 4.77. The van der Waals surface area contributed by atoms with E-state index >= 15 is 0 Å². The number of nitrogens with one attached hydrogen (secondary N) is 1. The summed E-state index contributed by atoms with van der Waals surface area (Å²) >= 11 is 17.1. The van der Waals surface area contributed by atoms with E-state index in [4.69, 9.17) is 59.5 Å². The quantitative estimate of drug-likeness (QED) is 0.0716. The van der Waals surface area contributed by atoms with Crippen molar-refractivity contribution in [2.24, 2.45) is 0 Å². The van der Waals surface area contributed by atoms with Crippen LogP contribution in [0.25, 0.3) is 21.8 Å². The van der Waals surface area contributed by atoms with Gasteiger partial charge in [-0.25, -0.2) is 28.7 Å². The number of carbonyl (C=O) groups excluding carboxylic acids is 2. The van der Waals surface area contributed by atoms with Crippen LogP contribution in [0.2, 0.25) is 15.2 Å². The van der Waals surface area contributed by atoms with Gasteiger partial charge < -0.3 is 30.0 Å². The molecule has 4 aromatic carbocycles. The van der Waals surface area contributed by atoms with Crippen LogP contribution in [0.15, 0.2) is 73.3 Å². The first-order valence-corrected chi connectivity index (χ1v) is 15.5. The zero-order valence-corrected chi connectivity index (χ0v) is 29.4. The van der Waals surface area contributed by atoms with Gasteiger partial charge in [0.05, 0.1) is 35.3 Å². The van der Waals surface area contributed by atoms with Gasteiger partial charge in [-0.3, -0.25) is 9.59 Å². The monoisotopic (exact) mass is 774 g/mol. The lowest BCUT2D eigenvalue weighted by atomic mass is 10.2. The minimum atomic E-state index is -0.512. The van der Waals surface area contributed by atoms with Crippen LogP contribution in [0.3, 0.4) is 0 Å². The van der Waals surface area contributed by atoms with E-state index in [0.29, 0.717) is 61.4 Å². The topological polar surface area (TPSA) is 161 Å². The summed E-state index contributed by atoms with van der Waals surface area (Å²) < 4.78 is 46.1. The van der Waals surface area contributed by atoms with Crippen LogP contribution in [0, 0.1) is 11.6 Å². The Labute approximate surface area is 311 Å². The lowest BCUT2D eigenvalue weighted by Crippen LogP contribution is -2.04. The highest BCUT2D eigenvalue weighted by atomic mass is 35.5. The number of nitrogens with two attached hydrogens (primary N) is 1. The van der Waals surface area contributed by atoms with Gasteiger partial charge in [-0.2, -0.15) is 0 Å². The predicted molar refractivity (Wildman–Crippen MR) is 197 cm³/mol. The number of rotatable bonds is 6. The van der Waals surface area contributed by atoms with Crippen molar-refractivity contribution in [3.63, 3.8) is 0 Å². The van der Waals surface area contributed by atoms with Gasteiger partial charge in [0.2, 0.25) is 0 Å². The molecule has 0 unspecified atom stereocenters. The Hall–Kier alpha value is -5.57. The first-order valence-electron chi connectivity index (χ1n) is 14.4. The summed E-state index contributed by atoms with van der Waals surface area (Å²) in [5, 5.41) is 4.60. The molecule has 0 atom stereocenters. The van der Waals surface area contributed by atoms with Crippen LogP contribution in [0.5, 0.6) is 23.0 Å². The molecule has 0 bridgehead atoms. The zero-order valence-electron chi connectivity index (χ0n) is 27.1. The Morgan fingerprint density at radius 2 is 1.17 bits per heavy atom. The lowest BCUT2D eigenvalue weighted by Gasteiger charge is -2.12. The zero-order chi connectivity index (χ0) is 37.2. The number of nitrogens with zero attached hydrogens (tertiary/aromatic N) is 4. The highest BCUT2D eigenvalue weighted by Gasteiger charge is 2.14. The standard InChI is InChI=1S/C17H13ClFN3O3.C11H9ClN2O3.C6H5ClFN.CH4/c1-9(23)25-16-6-11-14(7-15(16)24-2)20-8-21-17(11)22-10-3-4-13(19)12(18)5-10;1-6(15)17-10-3-7-8(4-9(10)16-2)13-5-14-11(7)12;7-5-3-4(9)1-2-6(5)8;/h3-8H,1-2H3,(H,20,21,22);3-5H,1-2H3;1-3H,9H2;1H4. The molecule has 0 aliphatic heterocycles. The summed E-state index contributed by atoms with van der Waals surface area (Å²) in [6.07, 6.45) is 2.73. The average molecular weight is 776 g/mol. The third-order valence-corrected chi connectivity index (χ3v) is 7.31. The van der Waals surface area contributed by atoms with Crippen molar-refractivity contribution in [3.05, 3.63) is 100 Å². The number of esters is 2. The van der Waals surface area contributed by atoms with Crippen molar-refractivity contribution in [1.82, 2.24) is 19.9 Å². The molecule has 0 saturated heterocycles. The number of methoxy groups -OCH3 is 2. The molecule has 272 valence electrons. The molecule has 6 aromatic rings. The summed E-state index contributed by atoms with van der Waals surface area (Å²) in [6, 6.07) is 14.8. The van der Waals surface area contributed by atoms with E-state index in [1.54, 1.807) is 24.3 Å². The second-order valence-electron chi connectivity index (χ2n) is 10.0. The number of anilines is 3. The number of nitrogen functional groups attached to an aromatic ring is 1. The van der Waals surface area contributed by atoms with Crippen molar-refractivity contribution in [1.29, 1.82) is 0 Å². The van der Waals surface area contributed by atoms with Gasteiger partial charge in [0.15, 0.2) is 23.0 Å². The van der Waals surface area contributed by atoms with Gasteiger partial charge in [-0.15, -0.1) is 0 Å². The number of fused-ring (bicyclic) bond motifs is 2. The van der Waals surface area contributed by atoms with E-state index in [1.807, 2.05) is 0 Å². The van der Waals surface area contributed by atoms with Crippen LogP contribution < -0.4 is 30.0 Å². The Balaban J connectivity index is 0.000000233. The van der Waals surface area contributed by atoms with E-state index in [-0.39, 0.29) is 23.2 Å². The molecular formula is C35H31Cl3F2N6O6. The Morgan fingerprint density at radius 1 is 0.673 bits per heavy atom. The summed E-state index contributed by atoms with van der Waals surface area (Å²) in [5.41, 5.74) is 7.51. The Morgan fingerprint density at radius 3 is 1.67 bits per heavy atom. The average Bonchev–Trinajstić information content (AvgIpc) is 3.08. The molecule has 2 heterocycles. The molecule has 2 aromatic heterocycles. The van der Waals surface area contributed by atoms with Gasteiger partial charge >= 0.3 is 11.9 Å². The van der Waals surface area contributed by atoms with Crippen molar-refractivity contribution in [2.75, 3.05) is 25.3 Å². The second-order valence-corrected chi connectivity index (χ2v) is 11.2. The third-order valence-electron chi connectivity index (χ3n) is 6.43. The smallest absolute Gasteiger partial charge is 0.308 e. The first kappa shape index (κ1) is 40.9. The molecule has 0 amide bonds. The normalized spacial score (nSPS) is 10.1. The molecule has 0 saturated carbocycles. The fraction of sp³-hybridized carbons (Fsp3) is 0.143. The number of aromatic nitrogens is 4. The number of halogens is 5. The number of carbonyl (C=O) groups is 2. The van der Waals surface area contributed by atoms with Gasteiger partial charge in [0.1, 0.15) is 35.3 Å². The molecule has 17 heteroatoms. The lowest BCUT2D eigenvalue weighted by molar-refractivity contribution is -0.132. The number of ether oxygens (including phenoxy) is 4. The van der Waals surface area contributed by atoms with Crippen LogP contribution in [0.4, 0.5) is 26.0 Å². The summed E-state index contributed by atoms with van der Waals surface area (Å²) in [6.45, 7) is 2.61. The molecule has 6 rings (SSSR count). The van der Waals surface area contributed by atoms with Crippen LogP contribution in [-0.4, -0.2) is 46.1 Å². The van der Waals surface area contributed by atoms with Gasteiger partial charge in [0.25, 0.3) is 0 Å². The Bertz CT molecular complexity index is 2230. The third kappa shape index (κ3) is 10.7. The molecule has 0 spiro atoms. The first-order chi connectivity index (χ1) is 24.3. The second kappa shape index (κ2) is 18.6. The molecular weight excluding hydrogens is 745 g/mol.